The van der Waals surface area contributed by atoms with Crippen molar-refractivity contribution in [1.29, 1.82) is 5.41 Å². The van der Waals surface area contributed by atoms with Crippen LogP contribution in [-0.2, 0) is 0 Å². The van der Waals surface area contributed by atoms with Crippen molar-refractivity contribution in [2.75, 3.05) is 40.3 Å². The highest BCUT2D eigenvalue weighted by Crippen LogP contribution is 2.16. The quantitative estimate of drug-likeness (QED) is 0.501. The predicted octanol–water partition coefficient (Wildman–Crippen LogP) is 0.196. The summed E-state index contributed by atoms with van der Waals surface area (Å²) in [6.07, 6.45) is 2.55. The molecule has 4 heteroatoms. The fourth-order valence-corrected chi connectivity index (χ4v) is 2.04. The van der Waals surface area contributed by atoms with Crippen LogP contribution in [0.1, 0.15) is 12.8 Å². The van der Waals surface area contributed by atoms with Gasteiger partial charge in [0.1, 0.15) is 5.84 Å². The van der Waals surface area contributed by atoms with Gasteiger partial charge in [0, 0.05) is 6.54 Å². The first-order valence-electron chi connectivity index (χ1n) is 5.28. The fourth-order valence-electron chi connectivity index (χ4n) is 2.04. The maximum Gasteiger partial charge on any atom is 0.105 e. The molecule has 0 atom stereocenters. The van der Waals surface area contributed by atoms with E-state index in [0.717, 1.165) is 12.5 Å². The standard InChI is InChI=1S/C10H22N4/c1-13-5-3-9(4-6-13)7-14(2)8-10(11)12/h9H,3-8H2,1-2H3,(H3,11,12). The van der Waals surface area contributed by atoms with E-state index in [9.17, 15) is 0 Å². The van der Waals surface area contributed by atoms with Crippen LogP contribution >= 0.6 is 0 Å². The third-order valence-corrected chi connectivity index (χ3v) is 2.85. The lowest BCUT2D eigenvalue weighted by atomic mass is 9.97. The summed E-state index contributed by atoms with van der Waals surface area (Å²) in [4.78, 5) is 4.53. The Morgan fingerprint density at radius 3 is 2.57 bits per heavy atom. The van der Waals surface area contributed by atoms with Crippen molar-refractivity contribution in [1.82, 2.24) is 9.80 Å². The van der Waals surface area contributed by atoms with Gasteiger partial charge in [0.05, 0.1) is 6.54 Å². The summed E-state index contributed by atoms with van der Waals surface area (Å²) in [6.45, 7) is 4.09. The Balaban J connectivity index is 2.20. The topological polar surface area (TPSA) is 56.4 Å². The molecule has 82 valence electrons. The first kappa shape index (κ1) is 11.5. The molecule has 0 spiro atoms. The van der Waals surface area contributed by atoms with Crippen LogP contribution in [0.3, 0.4) is 0 Å². The van der Waals surface area contributed by atoms with Crippen molar-refractivity contribution in [3.63, 3.8) is 0 Å². The van der Waals surface area contributed by atoms with Gasteiger partial charge in [0.2, 0.25) is 0 Å². The number of hydrogen-bond donors (Lipinski definition) is 2. The Kier molecular flexibility index (Phi) is 4.35. The molecule has 0 aromatic heterocycles. The summed E-state index contributed by atoms with van der Waals surface area (Å²) >= 11 is 0. The van der Waals surface area contributed by atoms with Crippen LogP contribution in [0.5, 0.6) is 0 Å². The van der Waals surface area contributed by atoms with Crippen molar-refractivity contribution in [3.05, 3.63) is 0 Å². The fraction of sp³-hybridized carbons (Fsp3) is 0.900. The summed E-state index contributed by atoms with van der Waals surface area (Å²) in [5.74, 6) is 1.05. The van der Waals surface area contributed by atoms with E-state index in [0.29, 0.717) is 6.54 Å². The largest absolute Gasteiger partial charge is 0.387 e. The molecule has 0 radical (unpaired) electrons. The first-order chi connectivity index (χ1) is 6.58. The lowest BCUT2D eigenvalue weighted by Crippen LogP contribution is -2.38. The summed E-state index contributed by atoms with van der Waals surface area (Å²) in [5, 5.41) is 7.20. The Bertz CT molecular complexity index is 185. The minimum Gasteiger partial charge on any atom is -0.387 e. The minimum absolute atomic E-state index is 0.264. The third-order valence-electron chi connectivity index (χ3n) is 2.85. The van der Waals surface area contributed by atoms with Crippen LogP contribution in [0.2, 0.25) is 0 Å². The summed E-state index contributed by atoms with van der Waals surface area (Å²) in [6, 6.07) is 0. The first-order valence-corrected chi connectivity index (χ1v) is 5.28. The molecule has 1 aliphatic rings. The SMILES string of the molecule is CN1CCC(CN(C)CC(=N)N)CC1. The number of amidine groups is 1. The molecule has 0 aliphatic carbocycles. The van der Waals surface area contributed by atoms with Gasteiger partial charge in [-0.3, -0.25) is 10.3 Å². The number of rotatable bonds is 4. The molecule has 1 heterocycles. The van der Waals surface area contributed by atoms with Gasteiger partial charge in [-0.25, -0.2) is 0 Å². The molecule has 0 saturated carbocycles. The van der Waals surface area contributed by atoms with E-state index in [4.69, 9.17) is 11.1 Å². The Morgan fingerprint density at radius 2 is 2.07 bits per heavy atom. The summed E-state index contributed by atoms with van der Waals surface area (Å²) < 4.78 is 0. The van der Waals surface area contributed by atoms with Crippen molar-refractivity contribution in [3.8, 4) is 0 Å². The zero-order chi connectivity index (χ0) is 10.6. The van der Waals surface area contributed by atoms with Crippen LogP contribution in [0, 0.1) is 11.3 Å². The van der Waals surface area contributed by atoms with Gasteiger partial charge in [-0.1, -0.05) is 0 Å². The number of hydrogen-bond acceptors (Lipinski definition) is 3. The number of likely N-dealkylation sites (tertiary alicyclic amines) is 1. The van der Waals surface area contributed by atoms with Gasteiger partial charge in [-0.15, -0.1) is 0 Å². The number of nitrogens with two attached hydrogens (primary N) is 1. The van der Waals surface area contributed by atoms with E-state index in [1.807, 2.05) is 7.05 Å². The highest BCUT2D eigenvalue weighted by Gasteiger charge is 2.17. The van der Waals surface area contributed by atoms with Gasteiger partial charge in [0.15, 0.2) is 0 Å². The lowest BCUT2D eigenvalue weighted by molar-refractivity contribution is 0.184. The van der Waals surface area contributed by atoms with E-state index >= 15 is 0 Å². The second kappa shape index (κ2) is 5.32. The Hall–Kier alpha value is -0.610. The van der Waals surface area contributed by atoms with E-state index < -0.39 is 0 Å². The van der Waals surface area contributed by atoms with Crippen LogP contribution in [0.15, 0.2) is 0 Å². The number of nitrogens with zero attached hydrogens (tertiary/aromatic N) is 2. The van der Waals surface area contributed by atoms with Crippen LogP contribution in [0.25, 0.3) is 0 Å². The van der Waals surface area contributed by atoms with Crippen LogP contribution in [0.4, 0.5) is 0 Å². The van der Waals surface area contributed by atoms with Crippen molar-refractivity contribution in [2.45, 2.75) is 12.8 Å². The average Bonchev–Trinajstić information content (AvgIpc) is 2.07. The number of piperidine rings is 1. The van der Waals surface area contributed by atoms with Gasteiger partial charge in [-0.05, 0) is 45.9 Å². The molecule has 1 fully saturated rings. The lowest BCUT2D eigenvalue weighted by Gasteiger charge is -2.31. The molecule has 14 heavy (non-hydrogen) atoms. The predicted molar refractivity (Wildman–Crippen MR) is 59.6 cm³/mol. The zero-order valence-electron chi connectivity index (χ0n) is 9.29. The van der Waals surface area contributed by atoms with Crippen molar-refractivity contribution in [2.24, 2.45) is 11.7 Å². The zero-order valence-corrected chi connectivity index (χ0v) is 9.29. The molecule has 0 amide bonds. The molecule has 1 rings (SSSR count). The number of likely N-dealkylation sites (N-methyl/N-ethyl adjacent to an activating group) is 1. The minimum atomic E-state index is 0.264. The van der Waals surface area contributed by atoms with Crippen molar-refractivity contribution < 1.29 is 0 Å². The molecule has 0 bridgehead atoms. The van der Waals surface area contributed by atoms with Gasteiger partial charge >= 0.3 is 0 Å². The normalized spacial score (nSPS) is 20.2. The molecule has 4 nitrogen and oxygen atoms in total. The van der Waals surface area contributed by atoms with Gasteiger partial charge in [0.25, 0.3) is 0 Å². The highest BCUT2D eigenvalue weighted by atomic mass is 15.1. The summed E-state index contributed by atoms with van der Waals surface area (Å²) in [5.41, 5.74) is 5.35. The molecule has 1 saturated heterocycles. The van der Waals surface area contributed by atoms with E-state index in [-0.39, 0.29) is 5.84 Å². The van der Waals surface area contributed by atoms with Gasteiger partial charge < -0.3 is 10.6 Å². The molecular formula is C10H22N4. The third kappa shape index (κ3) is 4.07. The second-order valence-electron chi connectivity index (χ2n) is 4.47. The molecule has 0 aromatic carbocycles. The molecule has 0 unspecified atom stereocenters. The maximum absolute atomic E-state index is 7.20. The highest BCUT2D eigenvalue weighted by molar-refractivity contribution is 5.78. The monoisotopic (exact) mass is 198 g/mol. The van der Waals surface area contributed by atoms with E-state index in [1.54, 1.807) is 0 Å². The average molecular weight is 198 g/mol. The van der Waals surface area contributed by atoms with Crippen LogP contribution < -0.4 is 5.73 Å². The molecular weight excluding hydrogens is 176 g/mol. The molecule has 3 N–H and O–H groups in total. The van der Waals surface area contributed by atoms with Gasteiger partial charge in [-0.2, -0.15) is 0 Å². The maximum atomic E-state index is 7.20. The van der Waals surface area contributed by atoms with Crippen LogP contribution in [-0.4, -0.2) is 55.9 Å². The second-order valence-corrected chi connectivity index (χ2v) is 4.47. The van der Waals surface area contributed by atoms with E-state index in [2.05, 4.69) is 16.8 Å². The Labute approximate surface area is 86.6 Å². The Morgan fingerprint density at radius 1 is 1.50 bits per heavy atom. The summed E-state index contributed by atoms with van der Waals surface area (Å²) in [7, 11) is 4.22. The smallest absolute Gasteiger partial charge is 0.105 e. The number of nitrogens with one attached hydrogen (secondary N) is 1. The van der Waals surface area contributed by atoms with Crippen molar-refractivity contribution >= 4 is 5.84 Å². The molecule has 0 aromatic rings. The molecule has 1 aliphatic heterocycles. The van der Waals surface area contributed by atoms with E-state index in [1.165, 1.54) is 25.9 Å².